The molecule has 2 nitrogen and oxygen atoms in total. The van der Waals surface area contributed by atoms with Crippen molar-refractivity contribution in [3.8, 4) is 11.3 Å². The van der Waals surface area contributed by atoms with Crippen LogP contribution in [0.15, 0.2) is 41.0 Å². The van der Waals surface area contributed by atoms with Gasteiger partial charge in [-0.25, -0.2) is 0 Å². The maximum atomic E-state index is 5.72. The van der Waals surface area contributed by atoms with Crippen molar-refractivity contribution in [2.24, 2.45) is 0 Å². The van der Waals surface area contributed by atoms with Crippen molar-refractivity contribution in [2.45, 2.75) is 6.92 Å². The van der Waals surface area contributed by atoms with E-state index in [-0.39, 0.29) is 0 Å². The van der Waals surface area contributed by atoms with E-state index in [4.69, 9.17) is 10.2 Å². The predicted octanol–water partition coefficient (Wildman–Crippen LogP) is 2.84. The normalized spacial score (nSPS) is 10.2. The van der Waals surface area contributed by atoms with Crippen molar-refractivity contribution >= 4 is 5.69 Å². The highest BCUT2D eigenvalue weighted by Gasteiger charge is 2.04. The van der Waals surface area contributed by atoms with Crippen molar-refractivity contribution in [3.05, 3.63) is 42.2 Å². The molecule has 2 rings (SSSR count). The summed E-state index contributed by atoms with van der Waals surface area (Å²) in [6.45, 7) is 2.05. The highest BCUT2D eigenvalue weighted by Crippen LogP contribution is 2.26. The Morgan fingerprint density at radius 3 is 2.31 bits per heavy atom. The van der Waals surface area contributed by atoms with E-state index in [0.29, 0.717) is 5.69 Å². The first kappa shape index (κ1) is 7.92. The first-order valence-corrected chi connectivity index (χ1v) is 4.17. The molecule has 0 amide bonds. The number of nitrogens with two attached hydrogens (primary N) is 1. The summed E-state index contributed by atoms with van der Waals surface area (Å²) in [5.74, 6) is 0.750. The molecule has 1 heterocycles. The van der Waals surface area contributed by atoms with E-state index in [1.54, 1.807) is 12.3 Å². The minimum absolute atomic E-state index is 0.684. The molecule has 1 aromatic carbocycles. The zero-order valence-corrected chi connectivity index (χ0v) is 7.45. The Balaban J connectivity index is 2.47. The number of hydrogen-bond acceptors (Lipinski definition) is 2. The molecule has 0 aliphatic carbocycles. The van der Waals surface area contributed by atoms with Gasteiger partial charge in [0.1, 0.15) is 0 Å². The molecule has 2 N–H and O–H groups in total. The van der Waals surface area contributed by atoms with Gasteiger partial charge in [-0.1, -0.05) is 29.8 Å². The van der Waals surface area contributed by atoms with E-state index >= 15 is 0 Å². The lowest BCUT2D eigenvalue weighted by molar-refractivity contribution is 0.583. The van der Waals surface area contributed by atoms with E-state index in [1.807, 2.05) is 24.3 Å². The van der Waals surface area contributed by atoms with Gasteiger partial charge >= 0.3 is 0 Å². The van der Waals surface area contributed by atoms with E-state index in [9.17, 15) is 0 Å². The molecule has 0 atom stereocenters. The first-order valence-electron chi connectivity index (χ1n) is 4.17. The van der Waals surface area contributed by atoms with Gasteiger partial charge in [0.25, 0.3) is 0 Å². The molecule has 0 spiro atoms. The quantitative estimate of drug-likeness (QED) is 0.720. The molecule has 0 aliphatic rings. The van der Waals surface area contributed by atoms with Crippen LogP contribution in [0.3, 0.4) is 0 Å². The van der Waals surface area contributed by atoms with Gasteiger partial charge in [0.2, 0.25) is 0 Å². The van der Waals surface area contributed by atoms with Crippen LogP contribution in [-0.4, -0.2) is 0 Å². The molecule has 66 valence electrons. The van der Waals surface area contributed by atoms with Gasteiger partial charge in [-0.3, -0.25) is 0 Å². The van der Waals surface area contributed by atoms with Crippen LogP contribution >= 0.6 is 0 Å². The number of aryl methyl sites for hydroxylation is 1. The van der Waals surface area contributed by atoms with Crippen LogP contribution < -0.4 is 5.73 Å². The van der Waals surface area contributed by atoms with Gasteiger partial charge in [-0.15, -0.1) is 0 Å². The average Bonchev–Trinajstić information content (AvgIpc) is 2.53. The average molecular weight is 173 g/mol. The molecule has 2 heteroatoms. The minimum atomic E-state index is 0.684. The lowest BCUT2D eigenvalue weighted by atomic mass is 10.1. The van der Waals surface area contributed by atoms with Gasteiger partial charge in [0, 0.05) is 11.6 Å². The Hall–Kier alpha value is -1.70. The number of rotatable bonds is 1. The van der Waals surface area contributed by atoms with Crippen molar-refractivity contribution in [2.75, 3.05) is 5.73 Å². The number of furan rings is 1. The fourth-order valence-corrected chi connectivity index (χ4v) is 1.26. The molecule has 2 aromatic rings. The molecule has 1 aromatic heterocycles. The Morgan fingerprint density at radius 1 is 1.08 bits per heavy atom. The number of hydrogen-bond donors (Lipinski definition) is 1. The van der Waals surface area contributed by atoms with Gasteiger partial charge in [0.15, 0.2) is 5.76 Å². The maximum absolute atomic E-state index is 5.72. The summed E-state index contributed by atoms with van der Waals surface area (Å²) in [7, 11) is 0. The SMILES string of the molecule is Cc1ccc(-c2occc2N)cc1. The summed E-state index contributed by atoms with van der Waals surface area (Å²) in [5.41, 5.74) is 8.65. The summed E-state index contributed by atoms with van der Waals surface area (Å²) in [6, 6.07) is 9.85. The van der Waals surface area contributed by atoms with Crippen LogP contribution in [0.5, 0.6) is 0 Å². The molecule has 13 heavy (non-hydrogen) atoms. The molecule has 0 unspecified atom stereocenters. The molecule has 0 saturated heterocycles. The third kappa shape index (κ3) is 1.43. The van der Waals surface area contributed by atoms with Crippen LogP contribution in [0.1, 0.15) is 5.56 Å². The van der Waals surface area contributed by atoms with Gasteiger partial charge in [0.05, 0.1) is 12.0 Å². The van der Waals surface area contributed by atoms with E-state index in [0.717, 1.165) is 11.3 Å². The van der Waals surface area contributed by atoms with Crippen molar-refractivity contribution < 1.29 is 4.42 Å². The molecule has 0 radical (unpaired) electrons. The fraction of sp³-hybridized carbons (Fsp3) is 0.0909. The molecular formula is C11H11NO. The molecule has 0 fully saturated rings. The van der Waals surface area contributed by atoms with E-state index in [2.05, 4.69) is 6.92 Å². The van der Waals surface area contributed by atoms with Crippen molar-refractivity contribution in [1.29, 1.82) is 0 Å². The van der Waals surface area contributed by atoms with Gasteiger partial charge in [-0.2, -0.15) is 0 Å². The summed E-state index contributed by atoms with van der Waals surface area (Å²) < 4.78 is 5.27. The lowest BCUT2D eigenvalue weighted by Crippen LogP contribution is -1.84. The predicted molar refractivity (Wildman–Crippen MR) is 53.3 cm³/mol. The molecular weight excluding hydrogens is 162 g/mol. The summed E-state index contributed by atoms with van der Waals surface area (Å²) in [4.78, 5) is 0. The van der Waals surface area contributed by atoms with E-state index < -0.39 is 0 Å². The Labute approximate surface area is 77.0 Å². The second-order valence-corrected chi connectivity index (χ2v) is 3.07. The van der Waals surface area contributed by atoms with Crippen molar-refractivity contribution in [3.63, 3.8) is 0 Å². The largest absolute Gasteiger partial charge is 0.462 e. The molecule has 0 saturated carbocycles. The Morgan fingerprint density at radius 2 is 1.77 bits per heavy atom. The number of benzene rings is 1. The zero-order valence-electron chi connectivity index (χ0n) is 7.45. The first-order chi connectivity index (χ1) is 6.27. The Bertz CT molecular complexity index is 400. The fourth-order valence-electron chi connectivity index (χ4n) is 1.26. The van der Waals surface area contributed by atoms with Crippen LogP contribution in [0.25, 0.3) is 11.3 Å². The highest BCUT2D eigenvalue weighted by molar-refractivity contribution is 5.70. The summed E-state index contributed by atoms with van der Waals surface area (Å²) in [6.07, 6.45) is 1.60. The van der Waals surface area contributed by atoms with Crippen LogP contribution in [0.4, 0.5) is 5.69 Å². The van der Waals surface area contributed by atoms with E-state index in [1.165, 1.54) is 5.56 Å². The van der Waals surface area contributed by atoms with Gasteiger partial charge < -0.3 is 10.2 Å². The highest BCUT2D eigenvalue weighted by atomic mass is 16.3. The monoisotopic (exact) mass is 173 g/mol. The lowest BCUT2D eigenvalue weighted by Gasteiger charge is -1.98. The second kappa shape index (κ2) is 2.98. The maximum Gasteiger partial charge on any atom is 0.156 e. The summed E-state index contributed by atoms with van der Waals surface area (Å²) >= 11 is 0. The molecule has 0 aliphatic heterocycles. The number of anilines is 1. The van der Waals surface area contributed by atoms with Crippen molar-refractivity contribution in [1.82, 2.24) is 0 Å². The van der Waals surface area contributed by atoms with Crippen LogP contribution in [-0.2, 0) is 0 Å². The molecule has 0 bridgehead atoms. The zero-order chi connectivity index (χ0) is 9.26. The third-order valence-corrected chi connectivity index (χ3v) is 2.01. The van der Waals surface area contributed by atoms with Crippen LogP contribution in [0, 0.1) is 6.92 Å². The Kier molecular flexibility index (Phi) is 1.81. The second-order valence-electron chi connectivity index (χ2n) is 3.07. The standard InChI is InChI=1S/C11H11NO/c1-8-2-4-9(5-3-8)11-10(12)6-7-13-11/h2-7H,12H2,1H3. The van der Waals surface area contributed by atoms with Gasteiger partial charge in [-0.05, 0) is 6.92 Å². The number of nitrogen functional groups attached to an aromatic ring is 1. The van der Waals surface area contributed by atoms with Crippen LogP contribution in [0.2, 0.25) is 0 Å². The minimum Gasteiger partial charge on any atom is -0.462 e. The topological polar surface area (TPSA) is 39.2 Å². The smallest absolute Gasteiger partial charge is 0.156 e. The third-order valence-electron chi connectivity index (χ3n) is 2.01. The summed E-state index contributed by atoms with van der Waals surface area (Å²) in [5, 5.41) is 0.